The molecule has 2 aliphatic rings. The highest BCUT2D eigenvalue weighted by Crippen LogP contribution is 2.35. The Morgan fingerprint density at radius 2 is 2.25 bits per heavy atom. The number of carbonyl (C=O) groups excluding carboxylic acids is 1. The molecule has 108 valence electrons. The van der Waals surface area contributed by atoms with Crippen molar-refractivity contribution in [1.29, 1.82) is 0 Å². The van der Waals surface area contributed by atoms with Gasteiger partial charge in [-0.3, -0.25) is 4.79 Å². The molecule has 1 amide bonds. The van der Waals surface area contributed by atoms with E-state index in [1.165, 1.54) is 5.56 Å². The normalized spacial score (nSPS) is 29.9. The van der Waals surface area contributed by atoms with Gasteiger partial charge in [-0.25, -0.2) is 0 Å². The molecule has 3 nitrogen and oxygen atoms in total. The molecule has 0 radical (unpaired) electrons. The Bertz CT molecular complexity index is 505. The molecule has 0 spiro atoms. The zero-order valence-corrected chi connectivity index (χ0v) is 13.4. The number of hydrogen-bond acceptors (Lipinski definition) is 2. The monoisotopic (exact) mass is 336 g/mol. The summed E-state index contributed by atoms with van der Waals surface area (Å²) in [6.07, 6.45) is 2.19. The molecule has 0 saturated carbocycles. The van der Waals surface area contributed by atoms with Gasteiger partial charge in [0.2, 0.25) is 5.91 Å². The number of nitrogens with one attached hydrogen (secondary N) is 1. The van der Waals surface area contributed by atoms with Gasteiger partial charge in [0.05, 0.1) is 12.0 Å². The Morgan fingerprint density at radius 3 is 2.95 bits per heavy atom. The third kappa shape index (κ3) is 2.63. The first kappa shape index (κ1) is 14.1. The van der Waals surface area contributed by atoms with Crippen molar-refractivity contribution >= 4 is 21.8 Å². The van der Waals surface area contributed by atoms with Crippen LogP contribution in [0.15, 0.2) is 28.7 Å². The summed E-state index contributed by atoms with van der Waals surface area (Å²) in [5.41, 5.74) is 1.25. The van der Waals surface area contributed by atoms with Crippen molar-refractivity contribution in [3.8, 4) is 0 Å². The molecule has 0 bridgehead atoms. The summed E-state index contributed by atoms with van der Waals surface area (Å²) in [4.78, 5) is 14.9. The predicted octanol–water partition coefficient (Wildman–Crippen LogP) is 2.97. The molecule has 2 fully saturated rings. The zero-order valence-electron chi connectivity index (χ0n) is 11.8. The Labute approximate surface area is 128 Å². The second-order valence-electron chi connectivity index (χ2n) is 5.99. The summed E-state index contributed by atoms with van der Waals surface area (Å²) in [7, 11) is 0. The van der Waals surface area contributed by atoms with Gasteiger partial charge in [0.15, 0.2) is 0 Å². The van der Waals surface area contributed by atoms with Crippen molar-refractivity contribution in [3.63, 3.8) is 0 Å². The van der Waals surface area contributed by atoms with E-state index in [0.29, 0.717) is 11.8 Å². The van der Waals surface area contributed by atoms with Crippen molar-refractivity contribution in [2.45, 2.75) is 25.8 Å². The molecule has 2 heterocycles. The maximum absolute atomic E-state index is 12.8. The molecule has 2 aliphatic heterocycles. The van der Waals surface area contributed by atoms with E-state index in [-0.39, 0.29) is 12.0 Å². The van der Waals surface area contributed by atoms with Gasteiger partial charge in [0.1, 0.15) is 0 Å². The number of rotatable bonds is 2. The van der Waals surface area contributed by atoms with Crippen LogP contribution in [0.2, 0.25) is 0 Å². The number of carbonyl (C=O) groups is 1. The number of hydrogen-bond donors (Lipinski definition) is 1. The Morgan fingerprint density at radius 1 is 1.40 bits per heavy atom. The minimum absolute atomic E-state index is 0.155. The maximum Gasteiger partial charge on any atom is 0.227 e. The number of halogens is 1. The molecule has 3 atom stereocenters. The highest BCUT2D eigenvalue weighted by atomic mass is 79.9. The van der Waals surface area contributed by atoms with Crippen LogP contribution in [0.3, 0.4) is 0 Å². The van der Waals surface area contributed by atoms with E-state index in [0.717, 1.165) is 36.9 Å². The Kier molecular flexibility index (Phi) is 4.13. The summed E-state index contributed by atoms with van der Waals surface area (Å²) in [5.74, 6) is 0.944. The van der Waals surface area contributed by atoms with E-state index in [1.807, 2.05) is 6.07 Å². The fourth-order valence-corrected chi connectivity index (χ4v) is 3.86. The van der Waals surface area contributed by atoms with E-state index in [2.05, 4.69) is 51.3 Å². The van der Waals surface area contributed by atoms with Crippen LogP contribution < -0.4 is 5.32 Å². The first-order chi connectivity index (χ1) is 9.66. The predicted molar refractivity (Wildman–Crippen MR) is 83.4 cm³/mol. The lowest BCUT2D eigenvalue weighted by Gasteiger charge is -2.29. The molecule has 1 aromatic rings. The van der Waals surface area contributed by atoms with E-state index < -0.39 is 0 Å². The minimum atomic E-state index is 0.155. The second-order valence-corrected chi connectivity index (χ2v) is 6.90. The van der Waals surface area contributed by atoms with E-state index in [4.69, 9.17) is 0 Å². The summed E-state index contributed by atoms with van der Waals surface area (Å²) in [5, 5.41) is 3.34. The second kappa shape index (κ2) is 5.86. The van der Waals surface area contributed by atoms with E-state index >= 15 is 0 Å². The first-order valence-corrected chi connectivity index (χ1v) is 8.23. The van der Waals surface area contributed by atoms with Gasteiger partial charge in [-0.1, -0.05) is 35.0 Å². The van der Waals surface area contributed by atoms with Crippen LogP contribution in [0.1, 0.15) is 31.4 Å². The Hall–Kier alpha value is -0.870. The molecule has 1 N–H and O–H groups in total. The van der Waals surface area contributed by atoms with Crippen molar-refractivity contribution < 1.29 is 4.79 Å². The van der Waals surface area contributed by atoms with Gasteiger partial charge in [-0.15, -0.1) is 0 Å². The minimum Gasteiger partial charge on any atom is -0.335 e. The highest BCUT2D eigenvalue weighted by Gasteiger charge is 2.37. The average Bonchev–Trinajstić information content (AvgIpc) is 3.06. The molecule has 0 aromatic heterocycles. The maximum atomic E-state index is 12.8. The van der Waals surface area contributed by atoms with Crippen molar-refractivity contribution in [1.82, 2.24) is 10.2 Å². The number of nitrogens with zero attached hydrogens (tertiary/aromatic N) is 1. The highest BCUT2D eigenvalue weighted by molar-refractivity contribution is 9.10. The van der Waals surface area contributed by atoms with Crippen LogP contribution >= 0.6 is 15.9 Å². The standard InChI is InChI=1S/C16H21BrN2O/c1-11-9-18-10-14(11)16(20)19-7-3-6-15(19)12-4-2-5-13(17)8-12/h2,4-5,8,11,14-15,18H,3,6-7,9-10H2,1H3/t11-,14-,15?/m1/s1. The smallest absolute Gasteiger partial charge is 0.227 e. The molecular formula is C16H21BrN2O. The molecular weight excluding hydrogens is 316 g/mol. The van der Waals surface area contributed by atoms with Crippen molar-refractivity contribution in [2.24, 2.45) is 11.8 Å². The number of amides is 1. The van der Waals surface area contributed by atoms with Gasteiger partial charge in [0, 0.05) is 17.6 Å². The lowest BCUT2D eigenvalue weighted by Crippen LogP contribution is -2.38. The molecule has 0 aliphatic carbocycles. The summed E-state index contributed by atoms with van der Waals surface area (Å²) in [6.45, 7) is 4.87. The molecule has 3 rings (SSSR count). The lowest BCUT2D eigenvalue weighted by atomic mass is 9.95. The van der Waals surface area contributed by atoms with Gasteiger partial charge < -0.3 is 10.2 Å². The van der Waals surface area contributed by atoms with Crippen LogP contribution in [0.5, 0.6) is 0 Å². The zero-order chi connectivity index (χ0) is 14.1. The fourth-order valence-electron chi connectivity index (χ4n) is 3.44. The van der Waals surface area contributed by atoms with Crippen molar-refractivity contribution in [2.75, 3.05) is 19.6 Å². The average molecular weight is 337 g/mol. The van der Waals surface area contributed by atoms with E-state index in [9.17, 15) is 4.79 Å². The topological polar surface area (TPSA) is 32.3 Å². The molecule has 2 saturated heterocycles. The van der Waals surface area contributed by atoms with Crippen LogP contribution in [-0.2, 0) is 4.79 Å². The van der Waals surface area contributed by atoms with E-state index in [1.54, 1.807) is 0 Å². The van der Waals surface area contributed by atoms with Crippen LogP contribution in [0, 0.1) is 11.8 Å². The van der Waals surface area contributed by atoms with Crippen LogP contribution in [-0.4, -0.2) is 30.4 Å². The fraction of sp³-hybridized carbons (Fsp3) is 0.562. The third-order valence-corrected chi connectivity index (χ3v) is 5.10. The lowest BCUT2D eigenvalue weighted by molar-refractivity contribution is -0.136. The summed E-state index contributed by atoms with van der Waals surface area (Å²) >= 11 is 3.53. The van der Waals surface area contributed by atoms with Crippen LogP contribution in [0.25, 0.3) is 0 Å². The molecule has 20 heavy (non-hydrogen) atoms. The van der Waals surface area contributed by atoms with Gasteiger partial charge in [-0.2, -0.15) is 0 Å². The number of benzene rings is 1. The largest absolute Gasteiger partial charge is 0.335 e. The molecule has 1 unspecified atom stereocenters. The van der Waals surface area contributed by atoms with Gasteiger partial charge in [-0.05, 0) is 43.0 Å². The third-order valence-electron chi connectivity index (χ3n) is 4.60. The van der Waals surface area contributed by atoms with Crippen LogP contribution in [0.4, 0.5) is 0 Å². The molecule has 1 aromatic carbocycles. The molecule has 4 heteroatoms. The number of likely N-dealkylation sites (tertiary alicyclic amines) is 1. The summed E-state index contributed by atoms with van der Waals surface area (Å²) < 4.78 is 1.09. The van der Waals surface area contributed by atoms with Crippen molar-refractivity contribution in [3.05, 3.63) is 34.3 Å². The van der Waals surface area contributed by atoms with Gasteiger partial charge >= 0.3 is 0 Å². The Balaban J connectivity index is 1.80. The van der Waals surface area contributed by atoms with Gasteiger partial charge in [0.25, 0.3) is 0 Å². The SMILES string of the molecule is C[C@@H]1CNC[C@H]1C(=O)N1CCCC1c1cccc(Br)c1. The first-order valence-electron chi connectivity index (χ1n) is 7.43. The summed E-state index contributed by atoms with van der Waals surface area (Å²) in [6, 6.07) is 8.63. The quantitative estimate of drug-likeness (QED) is 0.900.